The number of hydrogen-bond acceptors (Lipinski definition) is 4. The number of aliphatic hydroxyl groups is 2. The monoisotopic (exact) mass is 592 g/mol. The first kappa shape index (κ1) is 29.4. The molecule has 4 aromatic rings. The highest BCUT2D eigenvalue weighted by atomic mass is 35.5. The molecule has 0 aliphatic carbocycles. The molecule has 4 rings (SSSR count). The summed E-state index contributed by atoms with van der Waals surface area (Å²) < 4.78 is 44.2. The van der Waals surface area contributed by atoms with Crippen molar-refractivity contribution < 1.29 is 23.2 Å². The standard InChI is InChI=1S/C29H28Cl2F2N2O3S/c1-28(2,26-19(30)7-6-8-20(26)31)27-34-25(29(3,4)37)14-35(27)23-10-9-16(11-22(23)33)17-12-21(32)18(15-36)24(13-17)39(5)38/h6-14,36-37H,15H2,1-5H3. The number of nitrogens with zero attached hydrogens (tertiary/aromatic N) is 2. The van der Waals surface area contributed by atoms with Gasteiger partial charge in [-0.3, -0.25) is 8.78 Å². The van der Waals surface area contributed by atoms with Crippen LogP contribution in [0.4, 0.5) is 8.78 Å². The Morgan fingerprint density at radius 1 is 0.974 bits per heavy atom. The van der Waals surface area contributed by atoms with E-state index in [9.17, 15) is 18.8 Å². The normalized spacial score (nSPS) is 13.1. The third-order valence-electron chi connectivity index (χ3n) is 6.64. The summed E-state index contributed by atoms with van der Waals surface area (Å²) in [6, 6.07) is 12.2. The predicted molar refractivity (Wildman–Crippen MR) is 151 cm³/mol. The van der Waals surface area contributed by atoms with Gasteiger partial charge < -0.3 is 10.2 Å². The van der Waals surface area contributed by atoms with Crippen molar-refractivity contribution in [3.63, 3.8) is 0 Å². The van der Waals surface area contributed by atoms with Crippen LogP contribution in [0.2, 0.25) is 10.0 Å². The van der Waals surface area contributed by atoms with E-state index in [2.05, 4.69) is 0 Å². The second-order valence-electron chi connectivity index (χ2n) is 10.3. The molecule has 1 unspecified atom stereocenters. The zero-order valence-corrected chi connectivity index (χ0v) is 24.3. The maximum absolute atomic E-state index is 15.8. The number of aliphatic hydroxyl groups excluding tert-OH is 1. The Balaban J connectivity index is 1.90. The van der Waals surface area contributed by atoms with E-state index < -0.39 is 40.1 Å². The number of imidazole rings is 1. The molecule has 0 saturated carbocycles. The Hall–Kier alpha value is -2.62. The van der Waals surface area contributed by atoms with Gasteiger partial charge in [-0.25, -0.2) is 13.8 Å². The highest BCUT2D eigenvalue weighted by molar-refractivity contribution is 7.84. The van der Waals surface area contributed by atoms with Gasteiger partial charge in [0.15, 0.2) is 0 Å². The molecule has 2 N–H and O–H groups in total. The van der Waals surface area contributed by atoms with E-state index in [0.717, 1.165) is 0 Å². The van der Waals surface area contributed by atoms with Crippen LogP contribution >= 0.6 is 23.2 Å². The fourth-order valence-electron chi connectivity index (χ4n) is 4.58. The molecule has 206 valence electrons. The van der Waals surface area contributed by atoms with Crippen LogP contribution in [0.3, 0.4) is 0 Å². The molecular formula is C29H28Cl2F2N2O3S. The van der Waals surface area contributed by atoms with E-state index >= 15 is 4.39 Å². The van der Waals surface area contributed by atoms with Crippen molar-refractivity contribution in [1.29, 1.82) is 0 Å². The molecule has 0 bridgehead atoms. The van der Waals surface area contributed by atoms with Gasteiger partial charge >= 0.3 is 0 Å². The van der Waals surface area contributed by atoms with E-state index in [1.807, 2.05) is 13.8 Å². The summed E-state index contributed by atoms with van der Waals surface area (Å²) in [6.45, 7) is 6.28. The first-order valence-corrected chi connectivity index (χ1v) is 14.3. The third-order valence-corrected chi connectivity index (χ3v) is 8.26. The summed E-state index contributed by atoms with van der Waals surface area (Å²) >= 11 is 13.1. The Labute approximate surface area is 238 Å². The van der Waals surface area contributed by atoms with Crippen LogP contribution in [0.25, 0.3) is 16.8 Å². The number of halogens is 4. The molecule has 1 atom stereocenters. The summed E-state index contributed by atoms with van der Waals surface area (Å²) in [4.78, 5) is 4.83. The van der Waals surface area contributed by atoms with Crippen LogP contribution in [-0.2, 0) is 28.4 Å². The fraction of sp³-hybridized carbons (Fsp3) is 0.276. The van der Waals surface area contributed by atoms with Crippen LogP contribution in [0, 0.1) is 11.6 Å². The van der Waals surface area contributed by atoms with E-state index in [1.54, 1.807) is 48.9 Å². The maximum Gasteiger partial charge on any atom is 0.147 e. The Morgan fingerprint density at radius 2 is 1.59 bits per heavy atom. The van der Waals surface area contributed by atoms with Crippen LogP contribution < -0.4 is 0 Å². The van der Waals surface area contributed by atoms with E-state index in [0.29, 0.717) is 38.3 Å². The molecule has 5 nitrogen and oxygen atoms in total. The van der Waals surface area contributed by atoms with Crippen LogP contribution in [0.1, 0.15) is 50.3 Å². The van der Waals surface area contributed by atoms with Crippen molar-refractivity contribution in [2.75, 3.05) is 6.26 Å². The lowest BCUT2D eigenvalue weighted by Crippen LogP contribution is -2.25. The number of rotatable bonds is 7. The SMILES string of the molecule is CS(=O)c1cc(-c2ccc(-n3cc(C(C)(C)O)nc3C(C)(C)c3c(Cl)cccc3Cl)c(F)c2)cc(F)c1CO. The molecule has 1 heterocycles. The fourth-order valence-corrected chi connectivity index (χ4v) is 6.25. The summed E-state index contributed by atoms with van der Waals surface area (Å²) in [6.07, 6.45) is 2.95. The molecule has 0 spiro atoms. The second kappa shape index (κ2) is 10.7. The molecule has 0 amide bonds. The highest BCUT2D eigenvalue weighted by Crippen LogP contribution is 2.41. The molecule has 39 heavy (non-hydrogen) atoms. The summed E-state index contributed by atoms with van der Waals surface area (Å²) in [5.74, 6) is -0.974. The zero-order chi connectivity index (χ0) is 28.9. The molecule has 1 aromatic heterocycles. The van der Waals surface area contributed by atoms with Gasteiger partial charge in [-0.05, 0) is 75.2 Å². The number of benzene rings is 3. The predicted octanol–water partition coefficient (Wildman–Crippen LogP) is 6.91. The largest absolute Gasteiger partial charge is 0.392 e. The van der Waals surface area contributed by atoms with Crippen molar-refractivity contribution in [2.45, 2.75) is 50.2 Å². The smallest absolute Gasteiger partial charge is 0.147 e. The van der Waals surface area contributed by atoms with Gasteiger partial charge in [0.1, 0.15) is 23.1 Å². The molecule has 0 fully saturated rings. The van der Waals surface area contributed by atoms with E-state index in [4.69, 9.17) is 28.2 Å². The lowest BCUT2D eigenvalue weighted by Gasteiger charge is -2.28. The minimum absolute atomic E-state index is 0.0562. The maximum atomic E-state index is 15.8. The molecule has 0 aliphatic heterocycles. The minimum Gasteiger partial charge on any atom is -0.392 e. The molecule has 0 saturated heterocycles. The quantitative estimate of drug-likeness (QED) is 0.244. The van der Waals surface area contributed by atoms with Gasteiger partial charge in [-0.2, -0.15) is 0 Å². The van der Waals surface area contributed by atoms with Gasteiger partial charge in [-0.15, -0.1) is 0 Å². The third kappa shape index (κ3) is 5.54. The van der Waals surface area contributed by atoms with E-state index in [-0.39, 0.29) is 16.1 Å². The Bertz CT molecular complexity index is 1580. The van der Waals surface area contributed by atoms with Crippen molar-refractivity contribution in [1.82, 2.24) is 9.55 Å². The molecule has 10 heteroatoms. The highest BCUT2D eigenvalue weighted by Gasteiger charge is 2.35. The van der Waals surface area contributed by atoms with Crippen molar-refractivity contribution in [3.8, 4) is 16.8 Å². The lowest BCUT2D eigenvalue weighted by molar-refractivity contribution is 0.0740. The number of aromatic nitrogens is 2. The zero-order valence-electron chi connectivity index (χ0n) is 22.0. The van der Waals surface area contributed by atoms with Gasteiger partial charge in [0.2, 0.25) is 0 Å². The average Bonchev–Trinajstić information content (AvgIpc) is 3.30. The van der Waals surface area contributed by atoms with Gasteiger partial charge in [0, 0.05) is 38.5 Å². The molecular weight excluding hydrogens is 565 g/mol. The second-order valence-corrected chi connectivity index (χ2v) is 12.5. The lowest BCUT2D eigenvalue weighted by atomic mass is 9.83. The Morgan fingerprint density at radius 3 is 2.13 bits per heavy atom. The van der Waals surface area contributed by atoms with Crippen LogP contribution in [0.5, 0.6) is 0 Å². The molecule has 0 aliphatic rings. The Kier molecular flexibility index (Phi) is 8.09. The summed E-state index contributed by atoms with van der Waals surface area (Å²) in [5.41, 5.74) is -0.578. The van der Waals surface area contributed by atoms with Gasteiger partial charge in [0.05, 0.1) is 34.2 Å². The van der Waals surface area contributed by atoms with Crippen molar-refractivity contribution in [2.24, 2.45) is 0 Å². The summed E-state index contributed by atoms with van der Waals surface area (Å²) in [5, 5.41) is 21.1. The first-order chi connectivity index (χ1) is 18.2. The molecule has 0 radical (unpaired) electrons. The van der Waals surface area contributed by atoms with Gasteiger partial charge in [-0.1, -0.05) is 35.3 Å². The molecule has 3 aromatic carbocycles. The van der Waals surface area contributed by atoms with E-state index in [1.165, 1.54) is 30.5 Å². The van der Waals surface area contributed by atoms with Crippen LogP contribution in [-0.4, -0.2) is 30.2 Å². The first-order valence-electron chi connectivity index (χ1n) is 12.0. The van der Waals surface area contributed by atoms with Crippen molar-refractivity contribution in [3.05, 3.63) is 99.1 Å². The number of hydrogen-bond donors (Lipinski definition) is 2. The van der Waals surface area contributed by atoms with Crippen LogP contribution in [0.15, 0.2) is 59.6 Å². The van der Waals surface area contributed by atoms with Gasteiger partial charge in [0.25, 0.3) is 0 Å². The van der Waals surface area contributed by atoms with Crippen molar-refractivity contribution >= 4 is 34.0 Å². The average molecular weight is 594 g/mol. The topological polar surface area (TPSA) is 75.4 Å². The summed E-state index contributed by atoms with van der Waals surface area (Å²) in [7, 11) is -1.57. The minimum atomic E-state index is -1.57.